The molecule has 3 aliphatic rings. The Morgan fingerprint density at radius 2 is 1.87 bits per heavy atom. The van der Waals surface area contributed by atoms with Crippen molar-refractivity contribution in [3.05, 3.63) is 58.6 Å². The van der Waals surface area contributed by atoms with Gasteiger partial charge in [-0.15, -0.1) is 0 Å². The molecule has 3 unspecified atom stereocenters. The molecule has 0 amide bonds. The number of ether oxygens (including phenoxy) is 1. The van der Waals surface area contributed by atoms with Gasteiger partial charge in [-0.3, -0.25) is 0 Å². The molecule has 0 bridgehead atoms. The van der Waals surface area contributed by atoms with E-state index in [1.54, 1.807) is 6.07 Å². The molecule has 3 aromatic rings. The van der Waals surface area contributed by atoms with Crippen LogP contribution in [0.1, 0.15) is 82.2 Å². The van der Waals surface area contributed by atoms with Gasteiger partial charge in [-0.2, -0.15) is 10.2 Å². The number of para-hydroxylation sites is 1. The van der Waals surface area contributed by atoms with Crippen molar-refractivity contribution in [2.24, 2.45) is 11.8 Å². The van der Waals surface area contributed by atoms with Crippen molar-refractivity contribution in [2.75, 3.05) is 0 Å². The Labute approximate surface area is 223 Å². The average molecular weight is 515 g/mol. The number of halogens is 1. The summed E-state index contributed by atoms with van der Waals surface area (Å²) in [5, 5.41) is 21.2. The maximum Gasteiger partial charge on any atom is 0.220 e. The third-order valence-electron chi connectivity index (χ3n) is 8.27. The van der Waals surface area contributed by atoms with Crippen molar-refractivity contribution in [3.63, 3.8) is 0 Å². The predicted octanol–water partition coefficient (Wildman–Crippen LogP) is 7.53. The zero-order valence-corrected chi connectivity index (χ0v) is 22.4. The number of benzene rings is 1. The molecule has 38 heavy (non-hydrogen) atoms. The number of allylic oxidation sites excluding steroid dienone is 2. The number of alkyl halides is 1. The van der Waals surface area contributed by atoms with Gasteiger partial charge in [0.05, 0.1) is 28.5 Å². The number of hydrogen-bond acceptors (Lipinski definition) is 6. The second-order valence-electron chi connectivity index (χ2n) is 10.3. The third kappa shape index (κ3) is 4.62. The Bertz CT molecular complexity index is 1410. The minimum Gasteiger partial charge on any atom is -0.511 e. The van der Waals surface area contributed by atoms with Crippen molar-refractivity contribution < 1.29 is 14.2 Å². The van der Waals surface area contributed by atoms with Gasteiger partial charge in [0.15, 0.2) is 5.82 Å². The van der Waals surface area contributed by atoms with Gasteiger partial charge in [-0.05, 0) is 63.0 Å². The Hall–Kier alpha value is -3.53. The van der Waals surface area contributed by atoms with Crippen LogP contribution in [0.5, 0.6) is 5.88 Å². The highest BCUT2D eigenvalue weighted by Gasteiger charge is 2.42. The number of nitrogens with zero attached hydrogens (tertiary/aromatic N) is 4. The lowest BCUT2D eigenvalue weighted by atomic mass is 9.65. The normalized spacial score (nSPS) is 22.8. The quantitative estimate of drug-likeness (QED) is 0.387. The molecule has 0 saturated heterocycles. The van der Waals surface area contributed by atoms with E-state index in [2.05, 4.69) is 11.1 Å². The maximum absolute atomic E-state index is 13.8. The summed E-state index contributed by atoms with van der Waals surface area (Å²) in [6.07, 6.45) is 6.56. The zero-order valence-electron chi connectivity index (χ0n) is 22.4. The van der Waals surface area contributed by atoms with Crippen LogP contribution in [0, 0.1) is 23.2 Å². The summed E-state index contributed by atoms with van der Waals surface area (Å²) in [4.78, 5) is 14.5. The summed E-state index contributed by atoms with van der Waals surface area (Å²) in [5.74, 6) is 1.41. The molecule has 1 aromatic carbocycles. The van der Waals surface area contributed by atoms with Gasteiger partial charge in [0.25, 0.3) is 0 Å². The first kappa shape index (κ1) is 26.1. The smallest absolute Gasteiger partial charge is 0.220 e. The molecule has 1 fully saturated rings. The Balaban J connectivity index is 0.00000144. The van der Waals surface area contributed by atoms with Crippen LogP contribution in [0.3, 0.4) is 0 Å². The molecule has 3 atom stereocenters. The molecule has 0 radical (unpaired) electrons. The summed E-state index contributed by atoms with van der Waals surface area (Å²) in [5.41, 5.74) is 4.13. The summed E-state index contributed by atoms with van der Waals surface area (Å²) in [7, 11) is 0. The molecule has 0 spiro atoms. The van der Waals surface area contributed by atoms with Crippen molar-refractivity contribution in [2.45, 2.75) is 84.4 Å². The van der Waals surface area contributed by atoms with Crippen LogP contribution in [0.4, 0.5) is 4.39 Å². The topological polar surface area (TPSA) is 91.9 Å². The van der Waals surface area contributed by atoms with E-state index in [0.29, 0.717) is 34.9 Å². The monoisotopic (exact) mass is 514 g/mol. The van der Waals surface area contributed by atoms with Crippen LogP contribution >= 0.6 is 0 Å². The Morgan fingerprint density at radius 1 is 1.11 bits per heavy atom. The number of nitriles is 1. The third-order valence-corrected chi connectivity index (χ3v) is 8.27. The fourth-order valence-electron chi connectivity index (χ4n) is 6.35. The van der Waals surface area contributed by atoms with E-state index < -0.39 is 6.67 Å². The van der Waals surface area contributed by atoms with Crippen LogP contribution in [0.25, 0.3) is 22.3 Å². The molecule has 2 heterocycles. The van der Waals surface area contributed by atoms with Gasteiger partial charge in [0.1, 0.15) is 18.5 Å². The van der Waals surface area contributed by atoms with E-state index in [4.69, 9.17) is 14.7 Å². The Kier molecular flexibility index (Phi) is 7.60. The molecule has 6 rings (SSSR count). The molecule has 198 valence electrons. The molecular formula is C31H35FN4O2. The first-order chi connectivity index (χ1) is 18.6. The van der Waals surface area contributed by atoms with Crippen molar-refractivity contribution in [1.82, 2.24) is 15.0 Å². The minimum atomic E-state index is -0.675. The Morgan fingerprint density at radius 3 is 2.61 bits per heavy atom. The summed E-state index contributed by atoms with van der Waals surface area (Å²) in [6, 6.07) is 11.6. The van der Waals surface area contributed by atoms with Crippen LogP contribution in [-0.4, -0.2) is 26.2 Å². The van der Waals surface area contributed by atoms with Crippen molar-refractivity contribution >= 4 is 10.9 Å². The van der Waals surface area contributed by atoms with Gasteiger partial charge in [0, 0.05) is 28.3 Å². The molecule has 0 aliphatic heterocycles. The fraction of sp³-hybridized carbons (Fsp3) is 0.484. The fourth-order valence-corrected chi connectivity index (χ4v) is 6.35. The largest absolute Gasteiger partial charge is 0.511 e. The highest BCUT2D eigenvalue weighted by Crippen LogP contribution is 2.50. The predicted molar refractivity (Wildman–Crippen MR) is 145 cm³/mol. The number of hydrogen-bond donors (Lipinski definition) is 1. The molecule has 1 saturated carbocycles. The van der Waals surface area contributed by atoms with Crippen LogP contribution in [0.15, 0.2) is 41.7 Å². The van der Waals surface area contributed by atoms with Gasteiger partial charge < -0.3 is 9.84 Å². The van der Waals surface area contributed by atoms with Crippen LogP contribution in [0.2, 0.25) is 0 Å². The first-order valence-corrected chi connectivity index (χ1v) is 13.9. The maximum atomic E-state index is 13.8. The SMILES string of the molecule is CC.CC1C(O)=C(C#N)CC2c3nc(-c4cc(CF)nc5ccccc45)nc(OC4CCCC4)c3CCC12. The molecular weight excluding hydrogens is 479 g/mol. The van der Waals surface area contributed by atoms with E-state index >= 15 is 0 Å². The number of aliphatic hydroxyl groups is 1. The van der Waals surface area contributed by atoms with Gasteiger partial charge >= 0.3 is 0 Å². The van der Waals surface area contributed by atoms with Gasteiger partial charge in [0.2, 0.25) is 5.88 Å². The van der Waals surface area contributed by atoms with E-state index in [9.17, 15) is 14.8 Å². The average Bonchev–Trinajstić information content (AvgIpc) is 3.48. The standard InChI is InChI=1S/C29H29FN4O2.C2H6/c1-16-20-10-11-22-26(23(20)12-17(15-31)27(16)35)33-28(34-29(22)36-19-6-2-3-7-19)24-13-18(14-30)32-25-9-5-4-8-21(24)25;1-2/h4-5,8-9,13,16,19-20,23,35H,2-3,6-7,10-12,14H2,1H3;1-2H3. The molecule has 1 N–H and O–H groups in total. The second kappa shape index (κ2) is 11.1. The summed E-state index contributed by atoms with van der Waals surface area (Å²) >= 11 is 0. The van der Waals surface area contributed by atoms with Crippen LogP contribution in [-0.2, 0) is 13.1 Å². The van der Waals surface area contributed by atoms with Gasteiger partial charge in [-0.1, -0.05) is 39.0 Å². The second-order valence-corrected chi connectivity index (χ2v) is 10.3. The minimum absolute atomic E-state index is 0.00396. The van der Waals surface area contributed by atoms with E-state index in [0.717, 1.165) is 60.7 Å². The lowest BCUT2D eigenvalue weighted by Crippen LogP contribution is -2.33. The highest BCUT2D eigenvalue weighted by molar-refractivity contribution is 5.93. The van der Waals surface area contributed by atoms with E-state index in [1.165, 1.54) is 0 Å². The molecule has 7 heteroatoms. The first-order valence-electron chi connectivity index (χ1n) is 13.9. The van der Waals surface area contributed by atoms with E-state index in [-0.39, 0.29) is 29.6 Å². The number of aromatic nitrogens is 3. The summed E-state index contributed by atoms with van der Waals surface area (Å²) < 4.78 is 20.3. The summed E-state index contributed by atoms with van der Waals surface area (Å²) in [6.45, 7) is 5.32. The number of fused-ring (bicyclic) bond motifs is 4. The highest BCUT2D eigenvalue weighted by atomic mass is 19.1. The van der Waals surface area contributed by atoms with Gasteiger partial charge in [-0.25, -0.2) is 14.4 Å². The zero-order chi connectivity index (χ0) is 26.8. The number of aliphatic hydroxyl groups excluding tert-OH is 1. The molecule has 3 aliphatic carbocycles. The van der Waals surface area contributed by atoms with Crippen LogP contribution < -0.4 is 4.74 Å². The van der Waals surface area contributed by atoms with E-state index in [1.807, 2.05) is 45.0 Å². The van der Waals surface area contributed by atoms with Crippen molar-refractivity contribution in [1.29, 1.82) is 5.26 Å². The van der Waals surface area contributed by atoms with Crippen molar-refractivity contribution in [3.8, 4) is 23.3 Å². The lowest BCUT2D eigenvalue weighted by molar-refractivity contribution is 0.182. The lowest BCUT2D eigenvalue weighted by Gasteiger charge is -2.40. The number of pyridine rings is 1. The number of rotatable bonds is 4. The molecule has 2 aromatic heterocycles. The molecule has 6 nitrogen and oxygen atoms in total.